The molecule has 1 fully saturated rings. The van der Waals surface area contributed by atoms with Crippen molar-refractivity contribution in [3.63, 3.8) is 0 Å². The molecule has 32 heavy (non-hydrogen) atoms. The van der Waals surface area contributed by atoms with Crippen molar-refractivity contribution < 1.29 is 0 Å². The summed E-state index contributed by atoms with van der Waals surface area (Å²) in [5.41, 5.74) is 3.96. The highest BCUT2D eigenvalue weighted by Crippen LogP contribution is 2.32. The Morgan fingerprint density at radius 1 is 0.969 bits per heavy atom. The Kier molecular flexibility index (Phi) is 6.72. The number of fused-ring (bicyclic) bond motifs is 1. The molecule has 7 heteroatoms. The summed E-state index contributed by atoms with van der Waals surface area (Å²) in [4.78, 5) is 10.4. The molecule has 4 aromatic rings. The molecule has 0 radical (unpaired) electrons. The second-order valence-corrected chi connectivity index (χ2v) is 10.0. The summed E-state index contributed by atoms with van der Waals surface area (Å²) in [6, 6.07) is 22.6. The van der Waals surface area contributed by atoms with Crippen LogP contribution in [0.2, 0.25) is 5.02 Å². The largest absolute Gasteiger partial charge is 0.326 e. The molecule has 0 bridgehead atoms. The maximum atomic E-state index is 6.48. The topological polar surface area (TPSA) is 41.0 Å². The minimum Gasteiger partial charge on any atom is -0.326 e. The molecule has 1 aliphatic heterocycles. The molecule has 0 aliphatic carbocycles. The third-order valence-electron chi connectivity index (χ3n) is 5.36. The molecule has 3 aromatic carbocycles. The molecule has 5 rings (SSSR count). The first-order chi connectivity index (χ1) is 15.8. The summed E-state index contributed by atoms with van der Waals surface area (Å²) in [5, 5.41) is 1.65. The Hall–Kier alpha value is -2.41. The van der Waals surface area contributed by atoms with E-state index in [1.165, 1.54) is 30.7 Å². The highest BCUT2D eigenvalue weighted by Gasteiger charge is 2.12. The van der Waals surface area contributed by atoms with E-state index in [4.69, 9.17) is 11.6 Å². The average Bonchev–Trinajstić information content (AvgIpc) is 3.13. The Labute approximate surface area is 202 Å². The number of halogens is 1. The number of nitrogens with one attached hydrogen (secondary N) is 1. The number of hydrogen-bond donors (Lipinski definition) is 1. The van der Waals surface area contributed by atoms with Gasteiger partial charge in [0.2, 0.25) is 0 Å². The molecule has 1 aliphatic rings. The third kappa shape index (κ3) is 4.98. The maximum Gasteiger partial charge on any atom is 0.161 e. The van der Waals surface area contributed by atoms with Crippen LogP contribution in [0.1, 0.15) is 19.3 Å². The average molecular weight is 479 g/mol. The van der Waals surface area contributed by atoms with Crippen molar-refractivity contribution in [3.05, 3.63) is 77.9 Å². The van der Waals surface area contributed by atoms with Crippen LogP contribution in [0.15, 0.2) is 77.8 Å². The zero-order valence-electron chi connectivity index (χ0n) is 17.5. The second-order valence-electron chi connectivity index (χ2n) is 7.64. The summed E-state index contributed by atoms with van der Waals surface area (Å²) < 4.78 is 5.85. The number of hydrogen-bond acceptors (Lipinski definition) is 6. The van der Waals surface area contributed by atoms with Crippen LogP contribution in [-0.2, 0) is 0 Å². The Morgan fingerprint density at radius 3 is 2.75 bits per heavy atom. The predicted molar refractivity (Wildman–Crippen MR) is 140 cm³/mol. The zero-order valence-corrected chi connectivity index (χ0v) is 19.9. The molecule has 0 saturated carbocycles. The van der Waals surface area contributed by atoms with Gasteiger partial charge in [0.1, 0.15) is 0 Å². The summed E-state index contributed by atoms with van der Waals surface area (Å²) in [7, 11) is 0. The number of nitrogens with zero attached hydrogens (tertiary/aromatic N) is 3. The molecule has 0 amide bonds. The standard InChI is InChI=1S/C25H23ClN4S2/c26-23-13-8-19(16-22(23)25-27-17-18-6-2-3-7-24(18)28-25)29-32-21-11-9-20(10-12-21)30-14-4-1-5-15-31-30/h2-3,6-13,16-17,29H,1,4-5,14-15H2. The molecule has 162 valence electrons. The fourth-order valence-electron chi connectivity index (χ4n) is 3.64. The summed E-state index contributed by atoms with van der Waals surface area (Å²) in [5.74, 6) is 1.83. The van der Waals surface area contributed by atoms with Crippen molar-refractivity contribution >= 4 is 57.8 Å². The van der Waals surface area contributed by atoms with Crippen LogP contribution in [0, 0.1) is 0 Å². The number of aromatic nitrogens is 2. The van der Waals surface area contributed by atoms with E-state index in [1.807, 2.05) is 60.6 Å². The van der Waals surface area contributed by atoms with Crippen molar-refractivity contribution in [2.45, 2.75) is 24.2 Å². The first-order valence-electron chi connectivity index (χ1n) is 10.7. The molecule has 0 unspecified atom stereocenters. The van der Waals surface area contributed by atoms with Crippen molar-refractivity contribution in [1.29, 1.82) is 0 Å². The van der Waals surface area contributed by atoms with E-state index in [0.29, 0.717) is 10.8 Å². The summed E-state index contributed by atoms with van der Waals surface area (Å²) in [6.45, 7) is 1.12. The van der Waals surface area contributed by atoms with Crippen LogP contribution in [0.4, 0.5) is 11.4 Å². The van der Waals surface area contributed by atoms with Gasteiger partial charge in [-0.3, -0.25) is 0 Å². The molecule has 1 aromatic heterocycles. The van der Waals surface area contributed by atoms with Gasteiger partial charge in [0.15, 0.2) is 5.82 Å². The first kappa shape index (κ1) is 21.4. The SMILES string of the molecule is Clc1ccc(NSc2ccc(N3CCCCCS3)cc2)cc1-c1ncc2ccccc2n1. The van der Waals surface area contributed by atoms with Gasteiger partial charge in [0.05, 0.1) is 10.5 Å². The highest BCUT2D eigenvalue weighted by atomic mass is 35.5. The van der Waals surface area contributed by atoms with Gasteiger partial charge in [-0.1, -0.05) is 36.2 Å². The van der Waals surface area contributed by atoms with E-state index in [-0.39, 0.29) is 0 Å². The molecule has 4 nitrogen and oxygen atoms in total. The molecular weight excluding hydrogens is 456 g/mol. The number of para-hydroxylation sites is 1. The van der Waals surface area contributed by atoms with E-state index >= 15 is 0 Å². The van der Waals surface area contributed by atoms with Gasteiger partial charge < -0.3 is 9.03 Å². The van der Waals surface area contributed by atoms with Crippen LogP contribution in [0.25, 0.3) is 22.3 Å². The highest BCUT2D eigenvalue weighted by molar-refractivity contribution is 8.00. The Bertz CT molecular complexity index is 1210. The lowest BCUT2D eigenvalue weighted by molar-refractivity contribution is 0.751. The second kappa shape index (κ2) is 10.0. The lowest BCUT2D eigenvalue weighted by Gasteiger charge is -2.21. The smallest absolute Gasteiger partial charge is 0.161 e. The van der Waals surface area contributed by atoms with Crippen LogP contribution in [-0.4, -0.2) is 22.3 Å². The van der Waals surface area contributed by atoms with Crippen LogP contribution in [0.5, 0.6) is 0 Å². The van der Waals surface area contributed by atoms with Gasteiger partial charge in [-0.15, -0.1) is 0 Å². The first-order valence-corrected chi connectivity index (χ1v) is 12.8. The van der Waals surface area contributed by atoms with Crippen LogP contribution < -0.4 is 9.03 Å². The van der Waals surface area contributed by atoms with E-state index < -0.39 is 0 Å². The summed E-state index contributed by atoms with van der Waals surface area (Å²) in [6.07, 6.45) is 5.75. The normalized spacial score (nSPS) is 14.3. The molecular formula is C25H23ClN4S2. The minimum absolute atomic E-state index is 0.627. The van der Waals surface area contributed by atoms with E-state index in [2.05, 4.69) is 43.3 Å². The van der Waals surface area contributed by atoms with E-state index in [1.54, 1.807) is 11.9 Å². The maximum absolute atomic E-state index is 6.48. The molecule has 1 saturated heterocycles. The Balaban J connectivity index is 1.29. The van der Waals surface area contributed by atoms with Crippen molar-refractivity contribution in [2.75, 3.05) is 21.3 Å². The zero-order chi connectivity index (χ0) is 21.8. The van der Waals surface area contributed by atoms with Crippen LogP contribution >= 0.6 is 35.5 Å². The van der Waals surface area contributed by atoms with Crippen molar-refractivity contribution in [2.24, 2.45) is 0 Å². The van der Waals surface area contributed by atoms with Crippen molar-refractivity contribution in [1.82, 2.24) is 9.97 Å². The van der Waals surface area contributed by atoms with Crippen molar-refractivity contribution in [3.8, 4) is 11.4 Å². The van der Waals surface area contributed by atoms with Gasteiger partial charge in [0, 0.05) is 45.7 Å². The fraction of sp³-hybridized carbons (Fsp3) is 0.200. The Morgan fingerprint density at radius 2 is 1.84 bits per heavy atom. The fourth-order valence-corrected chi connectivity index (χ4v) is 5.56. The molecule has 1 N–H and O–H groups in total. The quantitative estimate of drug-likeness (QED) is 0.296. The lowest BCUT2D eigenvalue weighted by Crippen LogP contribution is -2.14. The number of rotatable bonds is 5. The van der Waals surface area contributed by atoms with E-state index in [0.717, 1.165) is 33.6 Å². The minimum atomic E-state index is 0.627. The predicted octanol–water partition coefficient (Wildman–Crippen LogP) is 7.71. The van der Waals surface area contributed by atoms with Gasteiger partial charge in [-0.2, -0.15) is 0 Å². The lowest BCUT2D eigenvalue weighted by atomic mass is 10.1. The number of benzene rings is 3. The number of anilines is 2. The van der Waals surface area contributed by atoms with Crippen LogP contribution in [0.3, 0.4) is 0 Å². The molecule has 2 heterocycles. The van der Waals surface area contributed by atoms with E-state index in [9.17, 15) is 0 Å². The molecule has 0 atom stereocenters. The van der Waals surface area contributed by atoms with Gasteiger partial charge >= 0.3 is 0 Å². The summed E-state index contributed by atoms with van der Waals surface area (Å²) >= 11 is 10.0. The van der Waals surface area contributed by atoms with Gasteiger partial charge in [0.25, 0.3) is 0 Å². The van der Waals surface area contributed by atoms with Gasteiger partial charge in [-0.05, 0) is 85.3 Å². The molecule has 0 spiro atoms. The third-order valence-corrected chi connectivity index (χ3v) is 7.71. The monoisotopic (exact) mass is 478 g/mol. The van der Waals surface area contributed by atoms with Gasteiger partial charge in [-0.25, -0.2) is 9.97 Å².